The van der Waals surface area contributed by atoms with Crippen molar-refractivity contribution in [3.63, 3.8) is 0 Å². The third-order valence-electron chi connectivity index (χ3n) is 2.10. The molecule has 1 N–H and O–H groups in total. The van der Waals surface area contributed by atoms with Crippen molar-refractivity contribution < 1.29 is 0 Å². The first-order chi connectivity index (χ1) is 6.36. The number of hydrogen-bond donors (Lipinski definition) is 1. The molecule has 0 saturated carbocycles. The SMILES string of the molecule is Cn1cccc1CNn1cccc1. The van der Waals surface area contributed by atoms with Gasteiger partial charge in [0.25, 0.3) is 0 Å². The number of hydrogen-bond acceptors (Lipinski definition) is 1. The van der Waals surface area contributed by atoms with Crippen LogP contribution in [0.4, 0.5) is 0 Å². The maximum atomic E-state index is 3.26. The highest BCUT2D eigenvalue weighted by Crippen LogP contribution is 1.99. The van der Waals surface area contributed by atoms with Crippen LogP contribution in [0.1, 0.15) is 5.69 Å². The first-order valence-electron chi connectivity index (χ1n) is 4.33. The molecule has 0 bridgehead atoms. The molecule has 2 heterocycles. The molecule has 13 heavy (non-hydrogen) atoms. The van der Waals surface area contributed by atoms with Crippen LogP contribution in [0.15, 0.2) is 42.9 Å². The fourth-order valence-corrected chi connectivity index (χ4v) is 1.29. The Hall–Kier alpha value is -1.64. The van der Waals surface area contributed by atoms with Crippen LogP contribution in [0.5, 0.6) is 0 Å². The minimum absolute atomic E-state index is 0.845. The molecular formula is C10H13N3. The van der Waals surface area contributed by atoms with Crippen molar-refractivity contribution in [3.8, 4) is 0 Å². The smallest absolute Gasteiger partial charge is 0.0716 e. The summed E-state index contributed by atoms with van der Waals surface area (Å²) in [5, 5.41) is 0. The van der Waals surface area contributed by atoms with Gasteiger partial charge in [-0.15, -0.1) is 0 Å². The molecule has 0 amide bonds. The maximum Gasteiger partial charge on any atom is 0.0716 e. The van der Waals surface area contributed by atoms with E-state index < -0.39 is 0 Å². The van der Waals surface area contributed by atoms with E-state index in [0.29, 0.717) is 0 Å². The molecule has 68 valence electrons. The highest BCUT2D eigenvalue weighted by Gasteiger charge is 1.94. The Morgan fingerprint density at radius 3 is 2.54 bits per heavy atom. The molecule has 0 aromatic carbocycles. The van der Waals surface area contributed by atoms with E-state index in [2.05, 4.69) is 16.1 Å². The Kier molecular flexibility index (Phi) is 2.08. The summed E-state index contributed by atoms with van der Waals surface area (Å²) < 4.78 is 4.06. The topological polar surface area (TPSA) is 21.9 Å². The fraction of sp³-hybridized carbons (Fsp3) is 0.200. The lowest BCUT2D eigenvalue weighted by molar-refractivity contribution is 0.775. The average molecular weight is 175 g/mol. The number of aryl methyl sites for hydroxylation is 1. The lowest BCUT2D eigenvalue weighted by Gasteiger charge is -2.07. The molecule has 0 saturated heterocycles. The van der Waals surface area contributed by atoms with Crippen LogP contribution in [0.25, 0.3) is 0 Å². The van der Waals surface area contributed by atoms with Crippen LogP contribution in [0.3, 0.4) is 0 Å². The van der Waals surface area contributed by atoms with E-state index >= 15 is 0 Å². The molecule has 0 aliphatic heterocycles. The lowest BCUT2D eigenvalue weighted by Crippen LogP contribution is -2.13. The molecular weight excluding hydrogens is 162 g/mol. The summed E-state index contributed by atoms with van der Waals surface area (Å²) in [7, 11) is 2.05. The lowest BCUT2D eigenvalue weighted by atomic mass is 10.4. The molecule has 2 aromatic rings. The predicted octanol–water partition coefficient (Wildman–Crippen LogP) is 1.57. The molecule has 0 unspecified atom stereocenters. The second-order valence-electron chi connectivity index (χ2n) is 3.04. The quantitative estimate of drug-likeness (QED) is 0.751. The monoisotopic (exact) mass is 175 g/mol. The summed E-state index contributed by atoms with van der Waals surface area (Å²) in [6.07, 6.45) is 6.03. The van der Waals surface area contributed by atoms with E-state index in [-0.39, 0.29) is 0 Å². The van der Waals surface area contributed by atoms with Gasteiger partial charge in [0, 0.05) is 31.3 Å². The first kappa shape index (κ1) is 7.98. The minimum Gasteiger partial charge on any atom is -0.353 e. The zero-order valence-electron chi connectivity index (χ0n) is 7.64. The van der Waals surface area contributed by atoms with E-state index in [4.69, 9.17) is 0 Å². The molecule has 0 aliphatic rings. The van der Waals surface area contributed by atoms with Crippen molar-refractivity contribution in [1.82, 2.24) is 9.24 Å². The standard InChI is InChI=1S/C10H13N3/c1-12-6-4-5-10(12)9-11-13-7-2-3-8-13/h2-8,11H,9H2,1H3. The van der Waals surface area contributed by atoms with Gasteiger partial charge in [-0.1, -0.05) is 0 Å². The molecule has 2 aromatic heterocycles. The Balaban J connectivity index is 1.97. The van der Waals surface area contributed by atoms with E-state index in [1.54, 1.807) is 0 Å². The number of nitrogens with zero attached hydrogens (tertiary/aromatic N) is 2. The first-order valence-corrected chi connectivity index (χ1v) is 4.33. The summed E-state index contributed by atoms with van der Waals surface area (Å²) in [6.45, 7) is 0.845. The van der Waals surface area contributed by atoms with Gasteiger partial charge < -0.3 is 9.99 Å². The minimum atomic E-state index is 0.845. The van der Waals surface area contributed by atoms with Gasteiger partial charge in [-0.05, 0) is 24.3 Å². The van der Waals surface area contributed by atoms with Crippen molar-refractivity contribution >= 4 is 0 Å². The normalized spacial score (nSPS) is 10.2. The van der Waals surface area contributed by atoms with Gasteiger partial charge in [0.15, 0.2) is 0 Å². The van der Waals surface area contributed by atoms with Gasteiger partial charge in [-0.2, -0.15) is 0 Å². The molecule has 3 nitrogen and oxygen atoms in total. The summed E-state index contributed by atoms with van der Waals surface area (Å²) in [4.78, 5) is 0. The summed E-state index contributed by atoms with van der Waals surface area (Å²) in [5.74, 6) is 0. The van der Waals surface area contributed by atoms with Crippen LogP contribution in [-0.4, -0.2) is 9.24 Å². The van der Waals surface area contributed by atoms with Gasteiger partial charge >= 0.3 is 0 Å². The third-order valence-corrected chi connectivity index (χ3v) is 2.10. The van der Waals surface area contributed by atoms with E-state index in [1.165, 1.54) is 5.69 Å². The zero-order valence-corrected chi connectivity index (χ0v) is 7.64. The summed E-state index contributed by atoms with van der Waals surface area (Å²) >= 11 is 0. The van der Waals surface area contributed by atoms with Crippen LogP contribution in [0, 0.1) is 0 Å². The molecule has 0 spiro atoms. The van der Waals surface area contributed by atoms with Crippen LogP contribution in [0.2, 0.25) is 0 Å². The zero-order chi connectivity index (χ0) is 9.10. The molecule has 0 fully saturated rings. The van der Waals surface area contributed by atoms with Crippen molar-refractivity contribution in [3.05, 3.63) is 48.5 Å². The largest absolute Gasteiger partial charge is 0.353 e. The van der Waals surface area contributed by atoms with Gasteiger partial charge in [-0.25, -0.2) is 0 Å². The second kappa shape index (κ2) is 3.39. The van der Waals surface area contributed by atoms with Crippen molar-refractivity contribution in [2.45, 2.75) is 6.54 Å². The molecule has 2 rings (SSSR count). The Morgan fingerprint density at radius 1 is 1.15 bits per heavy atom. The average Bonchev–Trinajstić information content (AvgIpc) is 2.72. The van der Waals surface area contributed by atoms with Crippen LogP contribution >= 0.6 is 0 Å². The van der Waals surface area contributed by atoms with Crippen molar-refractivity contribution in [2.24, 2.45) is 7.05 Å². The van der Waals surface area contributed by atoms with E-state index in [9.17, 15) is 0 Å². The molecule has 0 aliphatic carbocycles. The van der Waals surface area contributed by atoms with Gasteiger partial charge in [0.1, 0.15) is 0 Å². The van der Waals surface area contributed by atoms with Crippen molar-refractivity contribution in [2.75, 3.05) is 5.43 Å². The van der Waals surface area contributed by atoms with Gasteiger partial charge in [0.05, 0.1) is 6.54 Å². The van der Waals surface area contributed by atoms with Crippen molar-refractivity contribution in [1.29, 1.82) is 0 Å². The van der Waals surface area contributed by atoms with E-state index in [0.717, 1.165) is 6.54 Å². The number of aromatic nitrogens is 2. The highest BCUT2D eigenvalue weighted by atomic mass is 15.4. The fourth-order valence-electron chi connectivity index (χ4n) is 1.29. The Morgan fingerprint density at radius 2 is 1.92 bits per heavy atom. The van der Waals surface area contributed by atoms with E-state index in [1.807, 2.05) is 48.5 Å². The summed E-state index contributed by atoms with van der Waals surface area (Å²) in [5.41, 5.74) is 4.54. The number of rotatable bonds is 3. The van der Waals surface area contributed by atoms with Crippen LogP contribution < -0.4 is 5.43 Å². The highest BCUT2D eigenvalue weighted by molar-refractivity contribution is 5.08. The third kappa shape index (κ3) is 1.75. The molecule has 0 radical (unpaired) electrons. The Bertz CT molecular complexity index is 359. The maximum absolute atomic E-state index is 3.26. The molecule has 3 heteroatoms. The Labute approximate surface area is 77.6 Å². The predicted molar refractivity (Wildman–Crippen MR) is 52.9 cm³/mol. The van der Waals surface area contributed by atoms with Gasteiger partial charge in [-0.3, -0.25) is 4.68 Å². The number of nitrogens with one attached hydrogen (secondary N) is 1. The van der Waals surface area contributed by atoms with Crippen LogP contribution in [-0.2, 0) is 13.6 Å². The second-order valence-corrected chi connectivity index (χ2v) is 3.04. The van der Waals surface area contributed by atoms with Gasteiger partial charge in [0.2, 0.25) is 0 Å². The summed E-state index contributed by atoms with van der Waals surface area (Å²) in [6, 6.07) is 8.15. The molecule has 0 atom stereocenters.